The quantitative estimate of drug-likeness (QED) is 0.806. The van der Waals surface area contributed by atoms with Gasteiger partial charge in [-0.1, -0.05) is 18.2 Å². The largest absolute Gasteiger partial charge is 0.483 e. The van der Waals surface area contributed by atoms with Crippen molar-refractivity contribution in [2.75, 3.05) is 13.2 Å². The van der Waals surface area contributed by atoms with Crippen LogP contribution in [-0.2, 0) is 4.79 Å². The molecule has 1 amide bonds. The Hall–Kier alpha value is -1.55. The molecule has 1 fully saturated rings. The van der Waals surface area contributed by atoms with E-state index in [4.69, 9.17) is 4.74 Å². The summed E-state index contributed by atoms with van der Waals surface area (Å²) in [5.74, 6) is 1.12. The predicted octanol–water partition coefficient (Wildman–Crippen LogP) is 1.64. The third-order valence-electron chi connectivity index (χ3n) is 3.01. The number of ether oxygens (including phenoxy) is 1. The number of hydrogen-bond donors (Lipinski definition) is 2. The summed E-state index contributed by atoms with van der Waals surface area (Å²) in [5, 5.41) is 12.4. The molecule has 0 radical (unpaired) electrons. The fourth-order valence-electron chi connectivity index (χ4n) is 1.73. The molecule has 1 atom stereocenters. The topological polar surface area (TPSA) is 58.6 Å². The van der Waals surface area contributed by atoms with Crippen LogP contribution in [0.3, 0.4) is 0 Å². The zero-order valence-corrected chi connectivity index (χ0v) is 10.6. The zero-order chi connectivity index (χ0) is 13.0. The van der Waals surface area contributed by atoms with Crippen LogP contribution in [0.4, 0.5) is 0 Å². The normalized spacial score (nSPS) is 16.1. The summed E-state index contributed by atoms with van der Waals surface area (Å²) < 4.78 is 5.44. The molecule has 4 nitrogen and oxygen atoms in total. The molecule has 1 aliphatic carbocycles. The van der Waals surface area contributed by atoms with Gasteiger partial charge < -0.3 is 15.2 Å². The molecule has 4 heteroatoms. The van der Waals surface area contributed by atoms with Crippen molar-refractivity contribution in [3.05, 3.63) is 29.8 Å². The van der Waals surface area contributed by atoms with Gasteiger partial charge in [0.1, 0.15) is 5.75 Å². The maximum absolute atomic E-state index is 11.5. The van der Waals surface area contributed by atoms with Crippen molar-refractivity contribution in [2.45, 2.75) is 25.9 Å². The van der Waals surface area contributed by atoms with Gasteiger partial charge in [0.25, 0.3) is 5.91 Å². The molecule has 0 unspecified atom stereocenters. The van der Waals surface area contributed by atoms with Gasteiger partial charge in [-0.3, -0.25) is 4.79 Å². The molecule has 98 valence electrons. The van der Waals surface area contributed by atoms with Crippen molar-refractivity contribution < 1.29 is 14.6 Å². The number of carbonyl (C=O) groups excluding carboxylic acids is 1. The summed E-state index contributed by atoms with van der Waals surface area (Å²) in [6.45, 7) is 2.42. The molecule has 2 N–H and O–H groups in total. The summed E-state index contributed by atoms with van der Waals surface area (Å²) >= 11 is 0. The minimum Gasteiger partial charge on any atom is -0.483 e. The van der Waals surface area contributed by atoms with Crippen LogP contribution < -0.4 is 10.1 Å². The number of aliphatic hydroxyl groups is 1. The highest BCUT2D eigenvalue weighted by Gasteiger charge is 2.21. The first-order chi connectivity index (χ1) is 8.66. The van der Waals surface area contributed by atoms with Gasteiger partial charge in [0.05, 0.1) is 6.10 Å². The molecule has 1 saturated carbocycles. The van der Waals surface area contributed by atoms with Crippen molar-refractivity contribution in [3.8, 4) is 5.75 Å². The Bertz CT molecular complexity index is 413. The van der Waals surface area contributed by atoms with E-state index >= 15 is 0 Å². The van der Waals surface area contributed by atoms with Crippen LogP contribution in [0.2, 0.25) is 0 Å². The van der Waals surface area contributed by atoms with Crippen LogP contribution in [0.5, 0.6) is 5.75 Å². The summed E-state index contributed by atoms with van der Waals surface area (Å²) in [7, 11) is 0. The third-order valence-corrected chi connectivity index (χ3v) is 3.01. The van der Waals surface area contributed by atoms with Gasteiger partial charge in [-0.15, -0.1) is 0 Å². The highest BCUT2D eigenvalue weighted by atomic mass is 16.5. The molecule has 1 aromatic carbocycles. The highest BCUT2D eigenvalue weighted by molar-refractivity contribution is 5.77. The van der Waals surface area contributed by atoms with E-state index in [-0.39, 0.29) is 12.5 Å². The van der Waals surface area contributed by atoms with Crippen LogP contribution in [0.25, 0.3) is 0 Å². The van der Waals surface area contributed by atoms with Crippen LogP contribution in [0.1, 0.15) is 31.4 Å². The standard InChI is InChI=1S/C14H19NO3/c1-10(16)12-4-2-3-5-13(12)18-9-14(17)15-8-11-6-7-11/h2-5,10-11,16H,6-9H2,1H3,(H,15,17)/t10-/m0/s1. The summed E-state index contributed by atoms with van der Waals surface area (Å²) in [4.78, 5) is 11.5. The Labute approximate surface area is 107 Å². The first-order valence-corrected chi connectivity index (χ1v) is 6.33. The lowest BCUT2D eigenvalue weighted by Gasteiger charge is -2.13. The number of carbonyl (C=O) groups is 1. The molecular formula is C14H19NO3. The average molecular weight is 249 g/mol. The number of para-hydroxylation sites is 1. The monoisotopic (exact) mass is 249 g/mol. The van der Waals surface area contributed by atoms with Gasteiger partial charge in [0.2, 0.25) is 0 Å². The van der Waals surface area contributed by atoms with Gasteiger partial charge in [-0.2, -0.15) is 0 Å². The number of nitrogens with one attached hydrogen (secondary N) is 1. The van der Waals surface area contributed by atoms with Crippen molar-refractivity contribution in [1.82, 2.24) is 5.32 Å². The van der Waals surface area contributed by atoms with Crippen molar-refractivity contribution >= 4 is 5.91 Å². The molecule has 0 spiro atoms. The molecule has 0 aliphatic heterocycles. The van der Waals surface area contributed by atoms with Gasteiger partial charge >= 0.3 is 0 Å². The molecule has 0 saturated heterocycles. The second-order valence-corrected chi connectivity index (χ2v) is 4.75. The Morgan fingerprint density at radius 2 is 2.22 bits per heavy atom. The SMILES string of the molecule is C[C@H](O)c1ccccc1OCC(=O)NCC1CC1. The fourth-order valence-corrected chi connectivity index (χ4v) is 1.73. The van der Waals surface area contributed by atoms with E-state index in [1.54, 1.807) is 19.1 Å². The number of hydrogen-bond acceptors (Lipinski definition) is 3. The first-order valence-electron chi connectivity index (χ1n) is 6.33. The average Bonchev–Trinajstić information content (AvgIpc) is 3.18. The molecule has 2 rings (SSSR count). The lowest BCUT2D eigenvalue weighted by atomic mass is 10.1. The van der Waals surface area contributed by atoms with Crippen molar-refractivity contribution in [3.63, 3.8) is 0 Å². The third kappa shape index (κ3) is 3.74. The Balaban J connectivity index is 1.82. The zero-order valence-electron chi connectivity index (χ0n) is 10.6. The van der Waals surface area contributed by atoms with Gasteiger partial charge in [-0.05, 0) is 31.7 Å². The van der Waals surface area contributed by atoms with E-state index in [1.807, 2.05) is 12.1 Å². The van der Waals surface area contributed by atoms with Crippen LogP contribution in [-0.4, -0.2) is 24.2 Å². The smallest absolute Gasteiger partial charge is 0.257 e. The predicted molar refractivity (Wildman–Crippen MR) is 68.3 cm³/mol. The molecule has 1 aliphatic rings. The van der Waals surface area contributed by atoms with E-state index in [0.717, 1.165) is 6.54 Å². The number of rotatable bonds is 6. The second-order valence-electron chi connectivity index (χ2n) is 4.75. The Kier molecular flexibility index (Phi) is 4.20. The van der Waals surface area contributed by atoms with E-state index < -0.39 is 6.10 Å². The minimum atomic E-state index is -0.601. The summed E-state index contributed by atoms with van der Waals surface area (Å²) in [5.41, 5.74) is 0.701. The minimum absolute atomic E-state index is 0.00352. The van der Waals surface area contributed by atoms with E-state index in [0.29, 0.717) is 17.2 Å². The summed E-state index contributed by atoms with van der Waals surface area (Å²) in [6, 6.07) is 7.21. The Morgan fingerprint density at radius 1 is 1.50 bits per heavy atom. The lowest BCUT2D eigenvalue weighted by Crippen LogP contribution is -2.30. The van der Waals surface area contributed by atoms with E-state index in [1.165, 1.54) is 12.8 Å². The molecule has 0 aromatic heterocycles. The Morgan fingerprint density at radius 3 is 2.89 bits per heavy atom. The van der Waals surface area contributed by atoms with Gasteiger partial charge in [0, 0.05) is 12.1 Å². The van der Waals surface area contributed by atoms with Crippen molar-refractivity contribution in [2.24, 2.45) is 5.92 Å². The molecule has 0 heterocycles. The fraction of sp³-hybridized carbons (Fsp3) is 0.500. The molecular weight excluding hydrogens is 230 g/mol. The number of benzene rings is 1. The molecule has 18 heavy (non-hydrogen) atoms. The van der Waals surface area contributed by atoms with Crippen LogP contribution >= 0.6 is 0 Å². The number of amides is 1. The van der Waals surface area contributed by atoms with Crippen LogP contribution in [0.15, 0.2) is 24.3 Å². The maximum Gasteiger partial charge on any atom is 0.257 e. The molecule has 0 bridgehead atoms. The van der Waals surface area contributed by atoms with Crippen LogP contribution in [0, 0.1) is 5.92 Å². The second kappa shape index (κ2) is 5.87. The summed E-state index contributed by atoms with van der Waals surface area (Å²) in [6.07, 6.45) is 1.83. The lowest BCUT2D eigenvalue weighted by molar-refractivity contribution is -0.123. The maximum atomic E-state index is 11.5. The van der Waals surface area contributed by atoms with Gasteiger partial charge in [0.15, 0.2) is 6.61 Å². The highest BCUT2D eigenvalue weighted by Crippen LogP contribution is 2.27. The number of aliphatic hydroxyl groups excluding tert-OH is 1. The van der Waals surface area contributed by atoms with E-state index in [9.17, 15) is 9.90 Å². The van der Waals surface area contributed by atoms with Crippen molar-refractivity contribution in [1.29, 1.82) is 0 Å². The first kappa shape index (κ1) is 12.9. The van der Waals surface area contributed by atoms with Gasteiger partial charge in [-0.25, -0.2) is 0 Å². The molecule has 1 aromatic rings. The van der Waals surface area contributed by atoms with E-state index in [2.05, 4.69) is 5.32 Å².